The van der Waals surface area contributed by atoms with Crippen LogP contribution in [0.1, 0.15) is 24.0 Å². The van der Waals surface area contributed by atoms with Crippen molar-refractivity contribution in [1.29, 1.82) is 0 Å². The van der Waals surface area contributed by atoms with Gasteiger partial charge in [-0.05, 0) is 54.4 Å². The van der Waals surface area contributed by atoms with E-state index in [1.807, 2.05) is 30.3 Å². The molecule has 0 saturated heterocycles. The van der Waals surface area contributed by atoms with Gasteiger partial charge >= 0.3 is 0 Å². The zero-order valence-corrected chi connectivity index (χ0v) is 25.7. The number of aliphatic imine (C=N–C) groups is 1. The standard InChI is InChI=1S/C29H30Cl2N6O6S/c1-17(39)25(28(41)33-24(16-38)27(32)40)34-29(36-44(42,43)22-13-11-21(31)12-14-22)37-15-23(18-5-3-2-4-6-18)26(35-37)19-7-9-20(30)10-8-19/h2-14,17,23-25,38-39H,15-16H2,1H3,(H2,32,40)(H,33,41)(H,34,36)/t17-,23?,24+,25+/m1/s1. The monoisotopic (exact) mass is 660 g/mol. The van der Waals surface area contributed by atoms with Crippen molar-refractivity contribution in [3.8, 4) is 0 Å². The number of carbonyl (C=O) groups excluding carboxylic acids is 2. The van der Waals surface area contributed by atoms with Gasteiger partial charge in [-0.25, -0.2) is 23.1 Å². The minimum absolute atomic E-state index is 0.0959. The Morgan fingerprint density at radius 3 is 2.18 bits per heavy atom. The SMILES string of the molecule is C[C@@H](O)[C@H](N=C(NS(=O)(=O)c1ccc(Cl)cc1)N1CC(c2ccccc2)C(c2ccc(Cl)cc2)=N1)C(=O)N[C@@H](CO)C(N)=O. The Morgan fingerprint density at radius 2 is 1.64 bits per heavy atom. The first-order valence-electron chi connectivity index (χ1n) is 13.3. The fraction of sp³-hybridized carbons (Fsp3) is 0.241. The summed E-state index contributed by atoms with van der Waals surface area (Å²) in [5.41, 5.74) is 7.39. The highest BCUT2D eigenvalue weighted by Crippen LogP contribution is 2.30. The van der Waals surface area contributed by atoms with Crippen molar-refractivity contribution >= 4 is 56.7 Å². The highest BCUT2D eigenvalue weighted by Gasteiger charge is 2.35. The number of halogens is 2. The third kappa shape index (κ3) is 7.92. The molecule has 0 aliphatic carbocycles. The number of rotatable bonds is 10. The summed E-state index contributed by atoms with van der Waals surface area (Å²) in [7, 11) is -4.32. The molecule has 0 fully saturated rings. The predicted octanol–water partition coefficient (Wildman–Crippen LogP) is 1.84. The summed E-state index contributed by atoms with van der Waals surface area (Å²) in [6.07, 6.45) is -1.47. The molecule has 2 amide bonds. The quantitative estimate of drug-likeness (QED) is 0.162. The van der Waals surface area contributed by atoms with Crippen molar-refractivity contribution in [3.05, 3.63) is 100 Å². The van der Waals surface area contributed by atoms with Crippen LogP contribution in [0, 0.1) is 0 Å². The van der Waals surface area contributed by atoms with Crippen LogP contribution in [0.4, 0.5) is 0 Å². The van der Waals surface area contributed by atoms with E-state index in [0.29, 0.717) is 21.3 Å². The Balaban J connectivity index is 1.82. The Bertz CT molecular complexity index is 1650. The maximum Gasteiger partial charge on any atom is 0.264 e. The zero-order chi connectivity index (χ0) is 32.0. The van der Waals surface area contributed by atoms with E-state index >= 15 is 0 Å². The molecule has 15 heteroatoms. The van der Waals surface area contributed by atoms with Gasteiger partial charge in [0.25, 0.3) is 10.0 Å². The maximum absolute atomic E-state index is 13.5. The summed E-state index contributed by atoms with van der Waals surface area (Å²) in [6, 6.07) is 18.6. The summed E-state index contributed by atoms with van der Waals surface area (Å²) in [6.45, 7) is 0.558. The fourth-order valence-electron chi connectivity index (χ4n) is 4.38. The van der Waals surface area contributed by atoms with Crippen LogP contribution in [0.15, 0.2) is 93.9 Å². The molecule has 4 rings (SSSR count). The van der Waals surface area contributed by atoms with E-state index in [-0.39, 0.29) is 23.3 Å². The second-order valence-corrected chi connectivity index (χ2v) is 12.4. The number of hydrazone groups is 1. The average molecular weight is 662 g/mol. The molecule has 0 spiro atoms. The summed E-state index contributed by atoms with van der Waals surface area (Å²) >= 11 is 12.1. The summed E-state index contributed by atoms with van der Waals surface area (Å²) in [5, 5.41) is 29.1. The first-order chi connectivity index (χ1) is 20.9. The lowest BCUT2D eigenvalue weighted by atomic mass is 9.91. The molecule has 4 atom stereocenters. The molecule has 6 N–H and O–H groups in total. The molecule has 44 heavy (non-hydrogen) atoms. The number of guanidine groups is 1. The third-order valence-electron chi connectivity index (χ3n) is 6.68. The Kier molecular flexibility index (Phi) is 10.6. The van der Waals surface area contributed by atoms with Crippen LogP contribution in [0.2, 0.25) is 10.0 Å². The molecule has 1 unspecified atom stereocenters. The molecule has 1 aliphatic rings. The number of hydrogen-bond donors (Lipinski definition) is 5. The first kappa shape index (κ1) is 32.9. The molecule has 232 valence electrons. The van der Waals surface area contributed by atoms with E-state index in [2.05, 4.69) is 15.0 Å². The van der Waals surface area contributed by atoms with Crippen molar-refractivity contribution in [2.75, 3.05) is 13.2 Å². The highest BCUT2D eigenvalue weighted by atomic mass is 35.5. The lowest BCUT2D eigenvalue weighted by Gasteiger charge is -2.24. The van der Waals surface area contributed by atoms with Gasteiger partial charge in [0, 0.05) is 16.0 Å². The molecule has 3 aromatic carbocycles. The Morgan fingerprint density at radius 1 is 1.05 bits per heavy atom. The predicted molar refractivity (Wildman–Crippen MR) is 167 cm³/mol. The van der Waals surface area contributed by atoms with Crippen LogP contribution in [0.25, 0.3) is 0 Å². The van der Waals surface area contributed by atoms with E-state index < -0.39 is 46.6 Å². The fourth-order valence-corrected chi connectivity index (χ4v) is 5.64. The second-order valence-electron chi connectivity index (χ2n) is 9.88. The van der Waals surface area contributed by atoms with Gasteiger partial charge in [-0.1, -0.05) is 65.7 Å². The number of primary amides is 1. The van der Waals surface area contributed by atoms with Crippen LogP contribution in [0.5, 0.6) is 0 Å². The van der Waals surface area contributed by atoms with E-state index in [0.717, 1.165) is 5.56 Å². The molecule has 0 bridgehead atoms. The second kappa shape index (κ2) is 14.2. The molecule has 1 heterocycles. The van der Waals surface area contributed by atoms with Crippen molar-refractivity contribution in [2.45, 2.75) is 35.9 Å². The zero-order valence-electron chi connectivity index (χ0n) is 23.3. The van der Waals surface area contributed by atoms with Crippen LogP contribution < -0.4 is 15.8 Å². The van der Waals surface area contributed by atoms with Crippen molar-refractivity contribution in [2.24, 2.45) is 15.8 Å². The highest BCUT2D eigenvalue weighted by molar-refractivity contribution is 7.90. The van der Waals surface area contributed by atoms with Crippen LogP contribution in [0.3, 0.4) is 0 Å². The third-order valence-corrected chi connectivity index (χ3v) is 8.53. The molecule has 0 saturated carbocycles. The van der Waals surface area contributed by atoms with Crippen molar-refractivity contribution in [1.82, 2.24) is 15.0 Å². The van der Waals surface area contributed by atoms with Gasteiger partial charge in [0.2, 0.25) is 17.8 Å². The molecule has 12 nitrogen and oxygen atoms in total. The average Bonchev–Trinajstić information content (AvgIpc) is 3.44. The van der Waals surface area contributed by atoms with E-state index in [1.165, 1.54) is 36.2 Å². The molecule has 0 radical (unpaired) electrons. The van der Waals surface area contributed by atoms with Crippen LogP contribution in [-0.2, 0) is 19.6 Å². The van der Waals surface area contributed by atoms with Gasteiger partial charge in [0.05, 0.1) is 29.9 Å². The number of nitrogens with one attached hydrogen (secondary N) is 2. The van der Waals surface area contributed by atoms with Gasteiger partial charge in [-0.3, -0.25) is 9.59 Å². The van der Waals surface area contributed by atoms with Crippen LogP contribution >= 0.6 is 23.2 Å². The Labute approximate surface area is 264 Å². The lowest BCUT2D eigenvalue weighted by Crippen LogP contribution is -2.52. The topological polar surface area (TPSA) is 187 Å². The van der Waals surface area contributed by atoms with Gasteiger partial charge < -0.3 is 21.3 Å². The van der Waals surface area contributed by atoms with Crippen LogP contribution in [-0.4, -0.2) is 78.5 Å². The van der Waals surface area contributed by atoms with E-state index in [9.17, 15) is 28.2 Å². The number of nitrogens with two attached hydrogens (primary N) is 1. The summed E-state index contributed by atoms with van der Waals surface area (Å²) in [4.78, 5) is 28.9. The molecular weight excluding hydrogens is 631 g/mol. The number of hydrogen-bond acceptors (Lipinski definition) is 8. The molecular formula is C29H30Cl2N6O6S. The minimum Gasteiger partial charge on any atom is -0.394 e. The number of nitrogens with zero attached hydrogens (tertiary/aromatic N) is 3. The number of aliphatic hydroxyl groups excluding tert-OH is 2. The minimum atomic E-state index is -4.32. The summed E-state index contributed by atoms with van der Waals surface area (Å²) in [5.74, 6) is -2.75. The number of sulfonamides is 1. The van der Waals surface area contributed by atoms with Crippen molar-refractivity contribution in [3.63, 3.8) is 0 Å². The number of carbonyl (C=O) groups is 2. The number of benzene rings is 3. The smallest absolute Gasteiger partial charge is 0.264 e. The number of aliphatic hydroxyl groups is 2. The summed E-state index contributed by atoms with van der Waals surface area (Å²) < 4.78 is 29.4. The first-order valence-corrected chi connectivity index (χ1v) is 15.5. The molecule has 3 aromatic rings. The lowest BCUT2D eigenvalue weighted by molar-refractivity contribution is -0.130. The molecule has 0 aromatic heterocycles. The van der Waals surface area contributed by atoms with Gasteiger partial charge in [-0.15, -0.1) is 0 Å². The largest absolute Gasteiger partial charge is 0.394 e. The van der Waals surface area contributed by atoms with Gasteiger partial charge in [0.15, 0.2) is 6.04 Å². The maximum atomic E-state index is 13.5. The molecule has 1 aliphatic heterocycles. The van der Waals surface area contributed by atoms with Gasteiger partial charge in [-0.2, -0.15) is 5.10 Å². The van der Waals surface area contributed by atoms with E-state index in [4.69, 9.17) is 34.0 Å². The van der Waals surface area contributed by atoms with Gasteiger partial charge in [0.1, 0.15) is 6.04 Å². The Hall–Kier alpha value is -4.01. The van der Waals surface area contributed by atoms with Crippen molar-refractivity contribution < 1.29 is 28.2 Å². The number of amides is 2. The van der Waals surface area contributed by atoms with E-state index in [1.54, 1.807) is 24.3 Å². The normalized spacial score (nSPS) is 17.4.